The van der Waals surface area contributed by atoms with Crippen LogP contribution in [0.25, 0.3) is 0 Å². The fourth-order valence-corrected chi connectivity index (χ4v) is 2.21. The standard InChI is InChI=1S/C13H7Cl3FNO/c14-8-2-3-9(10(15)6-8)11(19)5-7-1-4-12(16)18-13(7)17/h1-4,6H,5H2. The molecule has 0 radical (unpaired) electrons. The Morgan fingerprint density at radius 2 is 1.89 bits per heavy atom. The maximum Gasteiger partial charge on any atom is 0.217 e. The Kier molecular flexibility index (Phi) is 4.40. The lowest BCUT2D eigenvalue weighted by Crippen LogP contribution is -2.07. The Morgan fingerprint density at radius 1 is 1.16 bits per heavy atom. The lowest BCUT2D eigenvalue weighted by atomic mass is 10.0. The molecular formula is C13H7Cl3FNO. The van der Waals surface area contributed by atoms with E-state index in [1.54, 1.807) is 6.07 Å². The summed E-state index contributed by atoms with van der Waals surface area (Å²) in [7, 11) is 0. The number of Topliss-reactive ketones (excluding diaryl/α,β-unsaturated/α-hetero) is 1. The van der Waals surface area contributed by atoms with Gasteiger partial charge < -0.3 is 0 Å². The first-order chi connectivity index (χ1) is 8.97. The zero-order chi connectivity index (χ0) is 14.0. The molecule has 0 unspecified atom stereocenters. The molecule has 0 fully saturated rings. The van der Waals surface area contributed by atoms with Crippen LogP contribution in [0.1, 0.15) is 15.9 Å². The van der Waals surface area contributed by atoms with Crippen molar-refractivity contribution in [3.63, 3.8) is 0 Å². The summed E-state index contributed by atoms with van der Waals surface area (Å²) in [6, 6.07) is 7.38. The van der Waals surface area contributed by atoms with Crippen LogP contribution in [0.3, 0.4) is 0 Å². The van der Waals surface area contributed by atoms with Gasteiger partial charge in [-0.1, -0.05) is 40.9 Å². The molecule has 0 atom stereocenters. The smallest absolute Gasteiger partial charge is 0.217 e. The number of nitrogens with zero attached hydrogens (tertiary/aromatic N) is 1. The molecule has 0 aliphatic carbocycles. The van der Waals surface area contributed by atoms with E-state index in [4.69, 9.17) is 34.8 Å². The fourth-order valence-electron chi connectivity index (χ4n) is 1.56. The largest absolute Gasteiger partial charge is 0.294 e. The SMILES string of the molecule is O=C(Cc1ccc(Cl)nc1F)c1ccc(Cl)cc1Cl. The first-order valence-electron chi connectivity index (χ1n) is 5.26. The van der Waals surface area contributed by atoms with E-state index in [2.05, 4.69) is 4.98 Å². The van der Waals surface area contributed by atoms with E-state index in [-0.39, 0.29) is 27.9 Å². The van der Waals surface area contributed by atoms with E-state index in [9.17, 15) is 9.18 Å². The van der Waals surface area contributed by atoms with Crippen molar-refractivity contribution in [2.24, 2.45) is 0 Å². The highest BCUT2D eigenvalue weighted by Gasteiger charge is 2.14. The third kappa shape index (κ3) is 3.44. The molecule has 0 amide bonds. The van der Waals surface area contributed by atoms with Gasteiger partial charge in [0.2, 0.25) is 5.95 Å². The quantitative estimate of drug-likeness (QED) is 0.611. The topological polar surface area (TPSA) is 30.0 Å². The summed E-state index contributed by atoms with van der Waals surface area (Å²) < 4.78 is 13.5. The summed E-state index contributed by atoms with van der Waals surface area (Å²) in [5.74, 6) is -1.07. The van der Waals surface area contributed by atoms with Crippen LogP contribution in [0.5, 0.6) is 0 Å². The first kappa shape index (κ1) is 14.3. The minimum atomic E-state index is -0.758. The Morgan fingerprint density at radius 3 is 2.53 bits per heavy atom. The molecule has 98 valence electrons. The highest BCUT2D eigenvalue weighted by Crippen LogP contribution is 2.23. The number of aromatic nitrogens is 1. The highest BCUT2D eigenvalue weighted by atomic mass is 35.5. The van der Waals surface area contributed by atoms with Crippen LogP contribution in [-0.2, 0) is 6.42 Å². The van der Waals surface area contributed by atoms with Crippen LogP contribution in [-0.4, -0.2) is 10.8 Å². The number of rotatable bonds is 3. The summed E-state index contributed by atoms with van der Waals surface area (Å²) in [5.41, 5.74) is 0.459. The first-order valence-corrected chi connectivity index (χ1v) is 6.40. The van der Waals surface area contributed by atoms with Crippen molar-refractivity contribution >= 4 is 40.6 Å². The van der Waals surface area contributed by atoms with Gasteiger partial charge in [-0.2, -0.15) is 4.39 Å². The van der Waals surface area contributed by atoms with E-state index in [0.717, 1.165) is 0 Å². The number of pyridine rings is 1. The zero-order valence-electron chi connectivity index (χ0n) is 9.46. The van der Waals surface area contributed by atoms with Gasteiger partial charge in [0.15, 0.2) is 5.78 Å². The lowest BCUT2D eigenvalue weighted by Gasteiger charge is -2.05. The number of ketones is 1. The normalized spacial score (nSPS) is 10.5. The molecule has 2 aromatic rings. The predicted molar refractivity (Wildman–Crippen MR) is 73.7 cm³/mol. The summed E-state index contributed by atoms with van der Waals surface area (Å²) in [5, 5.41) is 0.707. The van der Waals surface area contributed by atoms with Crippen molar-refractivity contribution in [2.75, 3.05) is 0 Å². The second-order valence-electron chi connectivity index (χ2n) is 3.81. The molecule has 0 saturated heterocycles. The fraction of sp³-hybridized carbons (Fsp3) is 0.0769. The number of benzene rings is 1. The molecule has 0 aliphatic heterocycles. The predicted octanol–water partition coefficient (Wildman–Crippen LogP) is 4.61. The number of carbonyl (C=O) groups is 1. The molecule has 0 bridgehead atoms. The molecule has 6 heteroatoms. The van der Waals surface area contributed by atoms with Crippen molar-refractivity contribution in [2.45, 2.75) is 6.42 Å². The average molecular weight is 319 g/mol. The lowest BCUT2D eigenvalue weighted by molar-refractivity contribution is 0.0991. The van der Waals surface area contributed by atoms with Crippen LogP contribution >= 0.6 is 34.8 Å². The van der Waals surface area contributed by atoms with Gasteiger partial charge >= 0.3 is 0 Å². The third-order valence-electron chi connectivity index (χ3n) is 2.47. The summed E-state index contributed by atoms with van der Waals surface area (Å²) in [6.07, 6.45) is -0.142. The van der Waals surface area contributed by atoms with Gasteiger partial charge in [0.25, 0.3) is 0 Å². The maximum absolute atomic E-state index is 13.5. The van der Waals surface area contributed by atoms with Crippen molar-refractivity contribution in [1.29, 1.82) is 0 Å². The van der Waals surface area contributed by atoms with Gasteiger partial charge in [-0.3, -0.25) is 4.79 Å². The minimum Gasteiger partial charge on any atom is -0.294 e. The molecule has 19 heavy (non-hydrogen) atoms. The van der Waals surface area contributed by atoms with Crippen molar-refractivity contribution < 1.29 is 9.18 Å². The maximum atomic E-state index is 13.5. The van der Waals surface area contributed by atoms with E-state index in [1.165, 1.54) is 24.3 Å². The third-order valence-corrected chi connectivity index (χ3v) is 3.23. The number of carbonyl (C=O) groups excluding carboxylic acids is 1. The molecule has 0 aliphatic rings. The van der Waals surface area contributed by atoms with E-state index >= 15 is 0 Å². The van der Waals surface area contributed by atoms with E-state index in [0.29, 0.717) is 10.6 Å². The molecule has 1 heterocycles. The van der Waals surface area contributed by atoms with Gasteiger partial charge in [0, 0.05) is 22.6 Å². The van der Waals surface area contributed by atoms with Gasteiger partial charge in [0.05, 0.1) is 5.02 Å². The molecular weight excluding hydrogens is 312 g/mol. The zero-order valence-corrected chi connectivity index (χ0v) is 11.7. The Bertz CT molecular complexity index is 646. The van der Waals surface area contributed by atoms with Crippen LogP contribution in [0, 0.1) is 5.95 Å². The molecule has 0 saturated carbocycles. The van der Waals surface area contributed by atoms with Gasteiger partial charge in [-0.05, 0) is 24.3 Å². The number of halogens is 4. The van der Waals surface area contributed by atoms with E-state index < -0.39 is 5.95 Å². The van der Waals surface area contributed by atoms with Gasteiger partial charge in [-0.15, -0.1) is 0 Å². The minimum absolute atomic E-state index is 0.0400. The molecule has 0 spiro atoms. The second-order valence-corrected chi connectivity index (χ2v) is 5.04. The van der Waals surface area contributed by atoms with E-state index in [1.807, 2.05) is 0 Å². The molecule has 2 nitrogen and oxygen atoms in total. The molecule has 1 aromatic heterocycles. The van der Waals surface area contributed by atoms with Crippen LogP contribution in [0.15, 0.2) is 30.3 Å². The summed E-state index contributed by atoms with van der Waals surface area (Å²) >= 11 is 17.2. The monoisotopic (exact) mass is 317 g/mol. The molecule has 1 aromatic carbocycles. The number of hydrogen-bond donors (Lipinski definition) is 0. The average Bonchev–Trinajstić information content (AvgIpc) is 2.32. The molecule has 2 rings (SSSR count). The van der Waals surface area contributed by atoms with Crippen LogP contribution < -0.4 is 0 Å². The van der Waals surface area contributed by atoms with Crippen molar-refractivity contribution in [3.8, 4) is 0 Å². The van der Waals surface area contributed by atoms with Crippen LogP contribution in [0.4, 0.5) is 4.39 Å². The summed E-state index contributed by atoms with van der Waals surface area (Å²) in [4.78, 5) is 15.5. The van der Waals surface area contributed by atoms with Crippen molar-refractivity contribution in [1.82, 2.24) is 4.98 Å². The molecule has 0 N–H and O–H groups in total. The Hall–Kier alpha value is -1.16. The number of hydrogen-bond acceptors (Lipinski definition) is 2. The Labute approximate surface area is 124 Å². The second kappa shape index (κ2) is 5.87. The van der Waals surface area contributed by atoms with Crippen LogP contribution in [0.2, 0.25) is 15.2 Å². The van der Waals surface area contributed by atoms with Gasteiger partial charge in [0.1, 0.15) is 5.15 Å². The summed E-state index contributed by atoms with van der Waals surface area (Å²) in [6.45, 7) is 0. The Balaban J connectivity index is 2.25. The van der Waals surface area contributed by atoms with Gasteiger partial charge in [-0.25, -0.2) is 4.98 Å². The van der Waals surface area contributed by atoms with Crippen molar-refractivity contribution in [3.05, 3.63) is 62.6 Å². The highest BCUT2D eigenvalue weighted by molar-refractivity contribution is 6.36.